The Morgan fingerprint density at radius 1 is 1.17 bits per heavy atom. The summed E-state index contributed by atoms with van der Waals surface area (Å²) >= 11 is 0. The van der Waals surface area contributed by atoms with Crippen LogP contribution in [-0.2, 0) is 0 Å². The molecule has 0 radical (unpaired) electrons. The van der Waals surface area contributed by atoms with Crippen molar-refractivity contribution in [2.45, 2.75) is 20.8 Å². The lowest BCUT2D eigenvalue weighted by molar-refractivity contribution is 0.413. The molecule has 0 bridgehead atoms. The Morgan fingerprint density at radius 3 is 2.25 bits per heavy atom. The molecule has 2 heteroatoms. The Bertz CT molecular complexity index is 305. The fraction of sp³-hybridized carbons (Fsp3) is 0.400. The molecule has 0 spiro atoms. The fourth-order valence-electron chi connectivity index (χ4n) is 1.36. The third-order valence-corrected chi connectivity index (χ3v) is 2.33. The SMILES string of the molecule is COc1c(N)cc(C)c(C)c1C. The van der Waals surface area contributed by atoms with E-state index >= 15 is 0 Å². The fourth-order valence-corrected chi connectivity index (χ4v) is 1.36. The van der Waals surface area contributed by atoms with Crippen molar-refractivity contribution in [3.63, 3.8) is 0 Å². The van der Waals surface area contributed by atoms with Crippen LogP contribution in [0.4, 0.5) is 5.69 Å². The normalized spacial score (nSPS) is 10.0. The molecule has 1 rings (SSSR count). The van der Waals surface area contributed by atoms with Crippen LogP contribution in [-0.4, -0.2) is 7.11 Å². The standard InChI is InChI=1S/C10H15NO/c1-6-5-9(11)10(12-4)8(3)7(6)2/h5H,11H2,1-4H3. The summed E-state index contributed by atoms with van der Waals surface area (Å²) in [7, 11) is 1.65. The number of ether oxygens (including phenoxy) is 1. The lowest BCUT2D eigenvalue weighted by Crippen LogP contribution is -1.98. The molecule has 0 aliphatic heterocycles. The number of hydrogen-bond acceptors (Lipinski definition) is 2. The second-order valence-corrected chi connectivity index (χ2v) is 3.07. The van der Waals surface area contributed by atoms with Crippen LogP contribution >= 0.6 is 0 Å². The Morgan fingerprint density at radius 2 is 1.75 bits per heavy atom. The lowest BCUT2D eigenvalue weighted by Gasteiger charge is -2.12. The monoisotopic (exact) mass is 165 g/mol. The van der Waals surface area contributed by atoms with E-state index in [-0.39, 0.29) is 0 Å². The summed E-state index contributed by atoms with van der Waals surface area (Å²) in [5.74, 6) is 0.804. The molecule has 0 saturated carbocycles. The Hall–Kier alpha value is -1.18. The van der Waals surface area contributed by atoms with Gasteiger partial charge >= 0.3 is 0 Å². The van der Waals surface area contributed by atoms with Crippen LogP contribution in [0.25, 0.3) is 0 Å². The smallest absolute Gasteiger partial charge is 0.144 e. The minimum absolute atomic E-state index is 0.720. The summed E-state index contributed by atoms with van der Waals surface area (Å²) in [6.07, 6.45) is 0. The first-order chi connectivity index (χ1) is 5.57. The molecule has 1 aromatic carbocycles. The van der Waals surface area contributed by atoms with Gasteiger partial charge in [0.15, 0.2) is 0 Å². The number of benzene rings is 1. The number of nitrogens with two attached hydrogens (primary N) is 1. The highest BCUT2D eigenvalue weighted by Crippen LogP contribution is 2.30. The summed E-state index contributed by atoms with van der Waals surface area (Å²) in [6.45, 7) is 6.16. The largest absolute Gasteiger partial charge is 0.494 e. The summed E-state index contributed by atoms with van der Waals surface area (Å²) in [5, 5.41) is 0. The highest BCUT2D eigenvalue weighted by atomic mass is 16.5. The van der Waals surface area contributed by atoms with Gasteiger partial charge in [-0.3, -0.25) is 0 Å². The van der Waals surface area contributed by atoms with E-state index in [4.69, 9.17) is 10.5 Å². The van der Waals surface area contributed by atoms with Gasteiger partial charge in [0.1, 0.15) is 5.75 Å². The third-order valence-electron chi connectivity index (χ3n) is 2.33. The van der Waals surface area contributed by atoms with Crippen LogP contribution in [0.15, 0.2) is 6.07 Å². The predicted octanol–water partition coefficient (Wildman–Crippen LogP) is 2.20. The predicted molar refractivity (Wildman–Crippen MR) is 51.6 cm³/mol. The van der Waals surface area contributed by atoms with Crippen molar-refractivity contribution in [2.75, 3.05) is 12.8 Å². The van der Waals surface area contributed by atoms with Gasteiger partial charge < -0.3 is 10.5 Å². The molecule has 1 aromatic rings. The van der Waals surface area contributed by atoms with Crippen molar-refractivity contribution in [1.82, 2.24) is 0 Å². The minimum Gasteiger partial charge on any atom is -0.494 e. The summed E-state index contributed by atoms with van der Waals surface area (Å²) < 4.78 is 5.19. The van der Waals surface area contributed by atoms with Gasteiger partial charge in [-0.25, -0.2) is 0 Å². The molecular weight excluding hydrogens is 150 g/mol. The molecule has 66 valence electrons. The molecule has 0 heterocycles. The quantitative estimate of drug-likeness (QED) is 0.647. The van der Waals surface area contributed by atoms with Crippen LogP contribution < -0.4 is 10.5 Å². The molecule has 0 saturated heterocycles. The molecule has 2 nitrogen and oxygen atoms in total. The van der Waals surface area contributed by atoms with E-state index < -0.39 is 0 Å². The summed E-state index contributed by atoms with van der Waals surface area (Å²) in [4.78, 5) is 0. The van der Waals surface area contributed by atoms with Gasteiger partial charge in [0.25, 0.3) is 0 Å². The second-order valence-electron chi connectivity index (χ2n) is 3.07. The van der Waals surface area contributed by atoms with Crippen molar-refractivity contribution in [1.29, 1.82) is 0 Å². The first-order valence-corrected chi connectivity index (χ1v) is 3.98. The van der Waals surface area contributed by atoms with E-state index in [0.717, 1.165) is 17.0 Å². The Balaban J connectivity index is 3.40. The van der Waals surface area contributed by atoms with Crippen molar-refractivity contribution < 1.29 is 4.74 Å². The molecule has 0 amide bonds. The topological polar surface area (TPSA) is 35.2 Å². The van der Waals surface area contributed by atoms with E-state index in [2.05, 4.69) is 13.8 Å². The molecular formula is C10H15NO. The average molecular weight is 165 g/mol. The molecule has 0 fully saturated rings. The zero-order valence-electron chi connectivity index (χ0n) is 8.06. The molecule has 0 aromatic heterocycles. The highest BCUT2D eigenvalue weighted by molar-refractivity contribution is 5.61. The van der Waals surface area contributed by atoms with Gasteiger partial charge in [-0.1, -0.05) is 0 Å². The highest BCUT2D eigenvalue weighted by Gasteiger charge is 2.07. The Labute approximate surface area is 73.3 Å². The summed E-state index contributed by atoms with van der Waals surface area (Å²) in [5.41, 5.74) is 10.1. The maximum absolute atomic E-state index is 5.78. The number of hydrogen-bond donors (Lipinski definition) is 1. The number of nitrogen functional groups attached to an aromatic ring is 1. The molecule has 0 aliphatic rings. The van der Waals surface area contributed by atoms with Crippen molar-refractivity contribution in [3.05, 3.63) is 22.8 Å². The van der Waals surface area contributed by atoms with Gasteiger partial charge in [0.05, 0.1) is 12.8 Å². The van der Waals surface area contributed by atoms with Crippen molar-refractivity contribution in [3.8, 4) is 5.75 Å². The average Bonchev–Trinajstić information content (AvgIpc) is 2.01. The maximum Gasteiger partial charge on any atom is 0.144 e. The summed E-state index contributed by atoms with van der Waals surface area (Å²) in [6, 6.07) is 1.95. The first-order valence-electron chi connectivity index (χ1n) is 3.98. The molecule has 0 atom stereocenters. The van der Waals surface area contributed by atoms with E-state index in [1.807, 2.05) is 13.0 Å². The number of rotatable bonds is 1. The van der Waals surface area contributed by atoms with Gasteiger partial charge in [0.2, 0.25) is 0 Å². The van der Waals surface area contributed by atoms with Gasteiger partial charge in [-0.2, -0.15) is 0 Å². The minimum atomic E-state index is 0.720. The second kappa shape index (κ2) is 3.05. The van der Waals surface area contributed by atoms with E-state index in [1.54, 1.807) is 7.11 Å². The van der Waals surface area contributed by atoms with Crippen LogP contribution in [0.2, 0.25) is 0 Å². The lowest BCUT2D eigenvalue weighted by atomic mass is 10.0. The zero-order chi connectivity index (χ0) is 9.30. The number of methoxy groups -OCH3 is 1. The van der Waals surface area contributed by atoms with Crippen LogP contribution in [0.5, 0.6) is 5.75 Å². The molecule has 12 heavy (non-hydrogen) atoms. The van der Waals surface area contributed by atoms with Crippen LogP contribution in [0.1, 0.15) is 16.7 Å². The molecule has 0 unspecified atom stereocenters. The zero-order valence-corrected chi connectivity index (χ0v) is 8.06. The number of aryl methyl sites for hydroxylation is 1. The molecule has 2 N–H and O–H groups in total. The van der Waals surface area contributed by atoms with Crippen LogP contribution in [0.3, 0.4) is 0 Å². The first kappa shape index (κ1) is 8.91. The van der Waals surface area contributed by atoms with E-state index in [1.165, 1.54) is 11.1 Å². The van der Waals surface area contributed by atoms with E-state index in [9.17, 15) is 0 Å². The Kier molecular flexibility index (Phi) is 2.27. The van der Waals surface area contributed by atoms with Gasteiger partial charge in [-0.05, 0) is 43.5 Å². The van der Waals surface area contributed by atoms with Crippen molar-refractivity contribution >= 4 is 5.69 Å². The van der Waals surface area contributed by atoms with Crippen LogP contribution in [0, 0.1) is 20.8 Å². The third kappa shape index (κ3) is 1.24. The van der Waals surface area contributed by atoms with Gasteiger partial charge in [-0.15, -0.1) is 0 Å². The van der Waals surface area contributed by atoms with Crippen molar-refractivity contribution in [2.24, 2.45) is 0 Å². The van der Waals surface area contributed by atoms with E-state index in [0.29, 0.717) is 0 Å². The maximum atomic E-state index is 5.78. The number of anilines is 1. The van der Waals surface area contributed by atoms with Gasteiger partial charge in [0, 0.05) is 0 Å². The molecule has 0 aliphatic carbocycles.